The summed E-state index contributed by atoms with van der Waals surface area (Å²) in [5, 5.41) is 19.1. The molecule has 1 aromatic heterocycles. The van der Waals surface area contributed by atoms with Crippen molar-refractivity contribution < 1.29 is 0 Å². The Morgan fingerprint density at radius 3 is 2.68 bits per heavy atom. The third-order valence-electron chi connectivity index (χ3n) is 4.68. The van der Waals surface area contributed by atoms with Gasteiger partial charge in [-0.3, -0.25) is 0 Å². The number of thioether (sulfide) groups is 1. The van der Waals surface area contributed by atoms with Crippen molar-refractivity contribution in [3.05, 3.63) is 54.4 Å². The van der Waals surface area contributed by atoms with Crippen molar-refractivity contribution in [2.75, 3.05) is 0 Å². The fraction of sp³-hybridized carbons (Fsp3) is 0.450. The Kier molecular flexibility index (Phi) is 6.30. The Labute approximate surface area is 154 Å². The zero-order valence-electron chi connectivity index (χ0n) is 14.5. The lowest BCUT2D eigenvalue weighted by atomic mass is 9.89. The smallest absolute Gasteiger partial charge is 0.192 e. The van der Waals surface area contributed by atoms with E-state index >= 15 is 0 Å². The van der Waals surface area contributed by atoms with Gasteiger partial charge in [0.1, 0.15) is 11.1 Å². The number of hydrogen-bond acceptors (Lipinski definition) is 4. The maximum atomic E-state index is 9.58. The van der Waals surface area contributed by atoms with Crippen molar-refractivity contribution in [2.45, 2.75) is 61.4 Å². The van der Waals surface area contributed by atoms with Crippen molar-refractivity contribution in [1.29, 1.82) is 5.26 Å². The third kappa shape index (κ3) is 4.52. The van der Waals surface area contributed by atoms with Crippen LogP contribution in [0.4, 0.5) is 0 Å². The third-order valence-corrected chi connectivity index (χ3v) is 5.75. The fourth-order valence-corrected chi connectivity index (χ4v) is 4.39. The lowest BCUT2D eigenvalue weighted by molar-refractivity contribution is 0.415. The molecule has 1 fully saturated rings. The molecular formula is C20H24N4S. The van der Waals surface area contributed by atoms with Crippen LogP contribution >= 0.6 is 11.8 Å². The van der Waals surface area contributed by atoms with E-state index in [2.05, 4.69) is 39.5 Å². The number of nitriles is 1. The van der Waals surface area contributed by atoms with Gasteiger partial charge in [0, 0.05) is 12.5 Å². The van der Waals surface area contributed by atoms with Crippen LogP contribution in [-0.2, 0) is 13.0 Å². The molecule has 0 amide bonds. The van der Waals surface area contributed by atoms with Crippen LogP contribution in [0.25, 0.3) is 0 Å². The van der Waals surface area contributed by atoms with Crippen molar-refractivity contribution in [2.24, 2.45) is 0 Å². The first kappa shape index (κ1) is 17.8. The molecule has 1 heterocycles. The lowest BCUT2D eigenvalue weighted by Crippen LogP contribution is -2.13. The molecule has 1 aliphatic rings. The largest absolute Gasteiger partial charge is 0.302 e. The predicted molar refractivity (Wildman–Crippen MR) is 101 cm³/mol. The molecule has 3 rings (SSSR count). The monoisotopic (exact) mass is 352 g/mol. The zero-order chi connectivity index (χ0) is 17.5. The maximum Gasteiger partial charge on any atom is 0.192 e. The molecule has 1 aromatic carbocycles. The summed E-state index contributed by atoms with van der Waals surface area (Å²) < 4.78 is 2.16. The minimum Gasteiger partial charge on any atom is -0.302 e. The highest BCUT2D eigenvalue weighted by Gasteiger charge is 2.24. The van der Waals surface area contributed by atoms with Gasteiger partial charge in [0.25, 0.3) is 0 Å². The maximum absolute atomic E-state index is 9.58. The van der Waals surface area contributed by atoms with Crippen LogP contribution < -0.4 is 0 Å². The number of rotatable bonds is 7. The minimum absolute atomic E-state index is 0.172. The molecule has 0 saturated heterocycles. The van der Waals surface area contributed by atoms with Gasteiger partial charge in [0.2, 0.25) is 0 Å². The molecule has 1 atom stereocenters. The van der Waals surface area contributed by atoms with Crippen LogP contribution in [0.3, 0.4) is 0 Å². The van der Waals surface area contributed by atoms with Crippen LogP contribution in [0.15, 0.2) is 48.1 Å². The van der Waals surface area contributed by atoms with Crippen molar-refractivity contribution >= 4 is 11.8 Å². The van der Waals surface area contributed by atoms with E-state index in [4.69, 9.17) is 0 Å². The molecule has 1 saturated carbocycles. The van der Waals surface area contributed by atoms with Crippen LogP contribution in [0.1, 0.15) is 49.4 Å². The summed E-state index contributed by atoms with van der Waals surface area (Å²) in [7, 11) is 0. The number of nitrogens with zero attached hydrogens (tertiary/aromatic N) is 4. The molecule has 25 heavy (non-hydrogen) atoms. The second-order valence-electron chi connectivity index (χ2n) is 6.50. The summed E-state index contributed by atoms with van der Waals surface area (Å²) in [6.45, 7) is 4.58. The average molecular weight is 353 g/mol. The molecule has 2 aromatic rings. The van der Waals surface area contributed by atoms with Gasteiger partial charge in [-0.15, -0.1) is 16.8 Å². The van der Waals surface area contributed by atoms with Crippen LogP contribution in [0.2, 0.25) is 0 Å². The number of hydrogen-bond donors (Lipinski definition) is 0. The lowest BCUT2D eigenvalue weighted by Gasteiger charge is -2.21. The molecule has 1 aliphatic carbocycles. The molecule has 0 N–H and O–H groups in total. The molecular weight excluding hydrogens is 328 g/mol. The average Bonchev–Trinajstić information content (AvgIpc) is 3.05. The Morgan fingerprint density at radius 2 is 2.00 bits per heavy atom. The molecule has 0 spiro atoms. The molecule has 5 heteroatoms. The van der Waals surface area contributed by atoms with E-state index in [1.165, 1.54) is 49.4 Å². The number of allylic oxidation sites excluding steroid dienone is 1. The molecule has 0 bridgehead atoms. The molecule has 130 valence electrons. The topological polar surface area (TPSA) is 54.5 Å². The highest BCUT2D eigenvalue weighted by Crippen LogP contribution is 2.34. The number of aromatic nitrogens is 3. The standard InChI is InChI=1S/C20H24N4S/c1-2-13-24-19(17-11-7-4-8-12-17)22-23-20(24)25-18(15-21)14-16-9-5-3-6-10-16/h2-3,5-6,9-10,17-18H,1,4,7-8,11-14H2. The van der Waals surface area contributed by atoms with Crippen molar-refractivity contribution in [3.63, 3.8) is 0 Å². The Balaban J connectivity index is 1.77. The van der Waals surface area contributed by atoms with Crippen LogP contribution in [0.5, 0.6) is 0 Å². The van der Waals surface area contributed by atoms with Gasteiger partial charge in [-0.05, 0) is 24.8 Å². The second kappa shape index (κ2) is 8.87. The SMILES string of the molecule is C=CCn1c(SC(C#N)Cc2ccccc2)nnc1C1CCCCC1. The summed E-state index contributed by atoms with van der Waals surface area (Å²) in [6, 6.07) is 12.6. The minimum atomic E-state index is -0.172. The van der Waals surface area contributed by atoms with E-state index < -0.39 is 0 Å². The first-order valence-corrected chi connectivity index (χ1v) is 9.84. The van der Waals surface area contributed by atoms with Gasteiger partial charge in [-0.2, -0.15) is 5.26 Å². The Bertz CT molecular complexity index is 726. The first-order valence-electron chi connectivity index (χ1n) is 8.96. The van der Waals surface area contributed by atoms with Gasteiger partial charge in [-0.25, -0.2) is 0 Å². The summed E-state index contributed by atoms with van der Waals surface area (Å²) >= 11 is 1.52. The molecule has 1 unspecified atom stereocenters. The molecule has 0 aliphatic heterocycles. The summed E-state index contributed by atoms with van der Waals surface area (Å²) in [6.07, 6.45) is 8.82. The highest BCUT2D eigenvalue weighted by atomic mass is 32.2. The summed E-state index contributed by atoms with van der Waals surface area (Å²) in [5.74, 6) is 1.56. The summed E-state index contributed by atoms with van der Waals surface area (Å²) in [4.78, 5) is 0. The fourth-order valence-electron chi connectivity index (χ4n) is 3.42. The van der Waals surface area contributed by atoms with E-state index in [9.17, 15) is 5.26 Å². The van der Waals surface area contributed by atoms with E-state index in [0.29, 0.717) is 18.9 Å². The first-order chi connectivity index (χ1) is 12.3. The second-order valence-corrected chi connectivity index (χ2v) is 7.67. The Morgan fingerprint density at radius 1 is 1.24 bits per heavy atom. The van der Waals surface area contributed by atoms with Crippen molar-refractivity contribution in [1.82, 2.24) is 14.8 Å². The zero-order valence-corrected chi connectivity index (χ0v) is 15.3. The number of benzene rings is 1. The van der Waals surface area contributed by atoms with Crippen LogP contribution in [-0.4, -0.2) is 20.0 Å². The van der Waals surface area contributed by atoms with Gasteiger partial charge in [0.15, 0.2) is 5.16 Å². The van der Waals surface area contributed by atoms with Gasteiger partial charge in [-0.1, -0.05) is 67.4 Å². The Hall–Kier alpha value is -2.06. The normalized spacial score (nSPS) is 16.3. The summed E-state index contributed by atoms with van der Waals surface area (Å²) in [5.41, 5.74) is 1.17. The van der Waals surface area contributed by atoms with E-state index in [1.807, 2.05) is 24.3 Å². The highest BCUT2D eigenvalue weighted by molar-refractivity contribution is 8.00. The molecule has 4 nitrogen and oxygen atoms in total. The van der Waals surface area contributed by atoms with E-state index in [-0.39, 0.29) is 5.25 Å². The van der Waals surface area contributed by atoms with Crippen molar-refractivity contribution in [3.8, 4) is 6.07 Å². The van der Waals surface area contributed by atoms with E-state index in [0.717, 1.165) is 11.0 Å². The van der Waals surface area contributed by atoms with E-state index in [1.54, 1.807) is 0 Å². The van der Waals surface area contributed by atoms with Gasteiger partial charge in [0.05, 0.1) is 6.07 Å². The van der Waals surface area contributed by atoms with Gasteiger partial charge >= 0.3 is 0 Å². The van der Waals surface area contributed by atoms with Gasteiger partial charge < -0.3 is 4.57 Å². The molecule has 0 radical (unpaired) electrons. The predicted octanol–water partition coefficient (Wildman–Crippen LogP) is 4.74. The quantitative estimate of drug-likeness (QED) is 0.533. The van der Waals surface area contributed by atoms with Crippen LogP contribution in [0, 0.1) is 11.3 Å².